The van der Waals surface area contributed by atoms with Crippen molar-refractivity contribution in [1.82, 2.24) is 0 Å². The van der Waals surface area contributed by atoms with Gasteiger partial charge in [-0.25, -0.2) is 4.79 Å². The monoisotopic (exact) mass is 678 g/mol. The molecular formula is C36H54O12. The highest BCUT2D eigenvalue weighted by Gasteiger charge is 2.68. The maximum Gasteiger partial charge on any atom is 0.331 e. The van der Waals surface area contributed by atoms with Crippen molar-refractivity contribution in [2.75, 3.05) is 20.3 Å². The topological polar surface area (TPSA) is 170 Å². The lowest BCUT2D eigenvalue weighted by molar-refractivity contribution is -0.345. The summed E-state index contributed by atoms with van der Waals surface area (Å²) in [6, 6.07) is 0. The zero-order chi connectivity index (χ0) is 34.2. The van der Waals surface area contributed by atoms with Crippen LogP contribution in [0.2, 0.25) is 0 Å². The number of carbonyl (C=O) groups is 2. The summed E-state index contributed by atoms with van der Waals surface area (Å²) in [6.45, 7) is 6.20. The van der Waals surface area contributed by atoms with E-state index in [4.69, 9.17) is 28.4 Å². The highest BCUT2D eigenvalue weighted by molar-refractivity contribution is 5.93. The van der Waals surface area contributed by atoms with Crippen LogP contribution < -0.4 is 0 Å². The smallest absolute Gasteiger partial charge is 0.331 e. The summed E-state index contributed by atoms with van der Waals surface area (Å²) < 4.78 is 35.6. The number of ketones is 1. The third-order valence-corrected chi connectivity index (χ3v) is 14.0. The Morgan fingerprint density at radius 1 is 0.917 bits per heavy atom. The number of hydrogen-bond donors (Lipinski definition) is 4. The molecule has 0 radical (unpaired) electrons. The summed E-state index contributed by atoms with van der Waals surface area (Å²) in [7, 11) is 1.58. The van der Waals surface area contributed by atoms with Gasteiger partial charge in [-0.2, -0.15) is 0 Å². The number of ether oxygens (including phenoxy) is 6. The van der Waals surface area contributed by atoms with E-state index in [9.17, 15) is 30.0 Å². The Kier molecular flexibility index (Phi) is 9.42. The number of methoxy groups -OCH3 is 1. The van der Waals surface area contributed by atoms with Crippen LogP contribution in [0.5, 0.6) is 0 Å². The molecule has 2 bridgehead atoms. The Labute approximate surface area is 282 Å². The second-order valence-electron chi connectivity index (χ2n) is 16.3. The first-order valence-electron chi connectivity index (χ1n) is 18.1. The average Bonchev–Trinajstić information content (AvgIpc) is 3.49. The molecular weight excluding hydrogens is 624 g/mol. The standard InChI is InChI=1S/C36H54O12/c1-18-31(48-32-30(41)29(40)28(39)24(16-37)47-32)23(43-4)15-27(45-18)46-21-6-9-34(2)20(14-21)5-11-36-12-7-22(19-13-26(38)44-17-19)35(3,33(36)42)10-8-25(34)36/h13,18,20-25,27-32,37,39-41H,5-12,14-17H2,1-4H3/t18-,20-,21+,22-,23-,24-,25-,27+,28-,29+,30-,31+,32+,34+,35-,36+/m1/s1. The Balaban J connectivity index is 0.980. The number of hydrogen-bond acceptors (Lipinski definition) is 12. The van der Waals surface area contributed by atoms with E-state index in [1.54, 1.807) is 13.2 Å². The number of Topliss-reactive ketones (excluding diaryl/α,β-unsaturated/α-hetero) is 1. The number of esters is 1. The molecule has 0 unspecified atom stereocenters. The highest BCUT2D eigenvalue weighted by atomic mass is 16.7. The summed E-state index contributed by atoms with van der Waals surface area (Å²) in [5.41, 5.74) is 0.350. The molecule has 4 N–H and O–H groups in total. The molecule has 4 saturated carbocycles. The quantitative estimate of drug-likeness (QED) is 0.229. The van der Waals surface area contributed by atoms with Gasteiger partial charge < -0.3 is 48.8 Å². The van der Waals surface area contributed by atoms with Gasteiger partial charge in [-0.1, -0.05) is 13.8 Å². The first kappa shape index (κ1) is 34.9. The predicted octanol–water partition coefficient (Wildman–Crippen LogP) is 2.17. The van der Waals surface area contributed by atoms with Crippen LogP contribution in [0, 0.1) is 34.0 Å². The van der Waals surface area contributed by atoms with Gasteiger partial charge in [0, 0.05) is 30.4 Å². The van der Waals surface area contributed by atoms with Crippen LogP contribution in [0.15, 0.2) is 11.6 Å². The molecule has 4 aliphatic carbocycles. The summed E-state index contributed by atoms with van der Waals surface area (Å²) >= 11 is 0. The molecule has 7 rings (SSSR count). The number of rotatable bonds is 7. The van der Waals surface area contributed by atoms with E-state index in [0.717, 1.165) is 63.4 Å². The van der Waals surface area contributed by atoms with E-state index in [1.165, 1.54) is 0 Å². The highest BCUT2D eigenvalue weighted by Crippen LogP contribution is 2.70. The fourth-order valence-corrected chi connectivity index (χ4v) is 11.4. The number of aliphatic hydroxyl groups excluding tert-OH is 4. The lowest BCUT2D eigenvalue weighted by Gasteiger charge is -2.66. The Bertz CT molecular complexity index is 1270. The molecule has 0 aromatic rings. The molecule has 3 heterocycles. The molecule has 16 atom stereocenters. The predicted molar refractivity (Wildman–Crippen MR) is 168 cm³/mol. The summed E-state index contributed by atoms with van der Waals surface area (Å²) in [6.07, 6.45) is 1.50. The molecule has 48 heavy (non-hydrogen) atoms. The summed E-state index contributed by atoms with van der Waals surface area (Å²) in [5.74, 6) is 1.04. The summed E-state index contributed by atoms with van der Waals surface area (Å²) in [4.78, 5) is 26.4. The lowest BCUT2D eigenvalue weighted by atomic mass is 9.37. The molecule has 1 spiro atoms. The van der Waals surface area contributed by atoms with Gasteiger partial charge in [-0.15, -0.1) is 0 Å². The van der Waals surface area contributed by atoms with E-state index >= 15 is 0 Å². The van der Waals surface area contributed by atoms with E-state index in [2.05, 4.69) is 13.8 Å². The van der Waals surface area contributed by atoms with Gasteiger partial charge in [0.1, 0.15) is 42.9 Å². The second-order valence-corrected chi connectivity index (χ2v) is 16.3. The average molecular weight is 679 g/mol. The number of aliphatic hydroxyl groups is 4. The zero-order valence-electron chi connectivity index (χ0n) is 28.6. The zero-order valence-corrected chi connectivity index (χ0v) is 28.6. The third kappa shape index (κ3) is 5.53. The SMILES string of the molecule is CO[C@@H]1C[C@H](O[C@H]2CC[C@@]3(C)[C@H](CC[C@]45CC[C@H](C6=CC(=O)OC6)[C@@](C)(CC[C@@H]43)C5=O)C2)O[C@H](C)[C@@H]1O[C@@H]1O[C@H](CO)[C@@H](O)[C@H](O)[C@H]1O. The molecule has 2 saturated heterocycles. The maximum absolute atomic E-state index is 14.5. The molecule has 0 aromatic carbocycles. The van der Waals surface area contributed by atoms with E-state index < -0.39 is 67.3 Å². The van der Waals surface area contributed by atoms with Crippen LogP contribution in [0.4, 0.5) is 0 Å². The van der Waals surface area contributed by atoms with E-state index in [0.29, 0.717) is 30.6 Å². The molecule has 3 aliphatic heterocycles. The first-order valence-corrected chi connectivity index (χ1v) is 18.1. The minimum atomic E-state index is -1.53. The maximum atomic E-state index is 14.5. The minimum absolute atomic E-state index is 0.0156. The fourth-order valence-electron chi connectivity index (χ4n) is 11.4. The Morgan fingerprint density at radius 3 is 2.40 bits per heavy atom. The van der Waals surface area contributed by atoms with Crippen molar-refractivity contribution in [3.8, 4) is 0 Å². The molecule has 12 nitrogen and oxygen atoms in total. The van der Waals surface area contributed by atoms with Crippen LogP contribution in [-0.2, 0) is 38.0 Å². The van der Waals surface area contributed by atoms with Crippen molar-refractivity contribution in [3.63, 3.8) is 0 Å². The molecule has 6 fully saturated rings. The second kappa shape index (κ2) is 12.9. The van der Waals surface area contributed by atoms with Gasteiger partial charge in [-0.05, 0) is 93.5 Å². The molecule has 0 amide bonds. The number of cyclic esters (lactones) is 1. The van der Waals surface area contributed by atoms with Gasteiger partial charge >= 0.3 is 5.97 Å². The van der Waals surface area contributed by atoms with Gasteiger partial charge in [0.2, 0.25) is 0 Å². The van der Waals surface area contributed by atoms with Crippen LogP contribution in [-0.4, -0.2) is 114 Å². The molecule has 0 aromatic heterocycles. The van der Waals surface area contributed by atoms with Gasteiger partial charge in [0.15, 0.2) is 12.6 Å². The molecule has 7 aliphatic rings. The lowest BCUT2D eigenvalue weighted by Crippen LogP contribution is -2.64. The van der Waals surface area contributed by atoms with Crippen molar-refractivity contribution in [3.05, 3.63) is 11.6 Å². The third-order valence-electron chi connectivity index (χ3n) is 14.0. The number of fused-ring (bicyclic) bond motifs is 3. The summed E-state index contributed by atoms with van der Waals surface area (Å²) in [5, 5.41) is 40.4. The minimum Gasteiger partial charge on any atom is -0.458 e. The van der Waals surface area contributed by atoms with E-state index in [-0.39, 0.29) is 28.8 Å². The first-order chi connectivity index (χ1) is 22.8. The van der Waals surface area contributed by atoms with Crippen molar-refractivity contribution >= 4 is 11.8 Å². The van der Waals surface area contributed by atoms with Crippen LogP contribution in [0.3, 0.4) is 0 Å². The normalized spacial score (nSPS) is 52.2. The fraction of sp³-hybridized carbons (Fsp3) is 0.889. The van der Waals surface area contributed by atoms with Crippen LogP contribution in [0.25, 0.3) is 0 Å². The van der Waals surface area contributed by atoms with Crippen LogP contribution in [0.1, 0.15) is 85.0 Å². The Hall–Kier alpha value is -1.48. The van der Waals surface area contributed by atoms with E-state index in [1.807, 2.05) is 6.92 Å². The largest absolute Gasteiger partial charge is 0.458 e. The molecule has 12 heteroatoms. The van der Waals surface area contributed by atoms with Crippen LogP contribution >= 0.6 is 0 Å². The molecule has 270 valence electrons. The van der Waals surface area contributed by atoms with Gasteiger partial charge in [-0.3, -0.25) is 4.79 Å². The Morgan fingerprint density at radius 2 is 1.69 bits per heavy atom. The number of carbonyl (C=O) groups excluding carboxylic acids is 2. The van der Waals surface area contributed by atoms with Crippen molar-refractivity contribution in [1.29, 1.82) is 0 Å². The van der Waals surface area contributed by atoms with Gasteiger partial charge in [0.05, 0.1) is 24.9 Å². The van der Waals surface area contributed by atoms with Crippen molar-refractivity contribution in [2.24, 2.45) is 34.0 Å². The van der Waals surface area contributed by atoms with Crippen molar-refractivity contribution in [2.45, 2.75) is 146 Å². The van der Waals surface area contributed by atoms with Crippen molar-refractivity contribution < 1.29 is 58.4 Å². The van der Waals surface area contributed by atoms with Gasteiger partial charge in [0.25, 0.3) is 0 Å².